The minimum atomic E-state index is -1.50. The van der Waals surface area contributed by atoms with E-state index in [0.29, 0.717) is 17.5 Å². The molecule has 9 N–H and O–H groups in total. The van der Waals surface area contributed by atoms with E-state index >= 15 is 0 Å². The van der Waals surface area contributed by atoms with Gasteiger partial charge in [-0.3, -0.25) is 11.5 Å². The first-order valence-corrected chi connectivity index (χ1v) is 11.2. The lowest BCUT2D eigenvalue weighted by atomic mass is 10.0. The van der Waals surface area contributed by atoms with Crippen LogP contribution in [0.25, 0.3) is 11.1 Å². The summed E-state index contributed by atoms with van der Waals surface area (Å²) in [6.07, 6.45) is 0.822. The number of aryl methyl sites for hydroxylation is 1. The maximum Gasteiger partial charge on any atom is 0.213 e. The van der Waals surface area contributed by atoms with Crippen LogP contribution in [-0.4, -0.2) is 26.1 Å². The normalized spacial score (nSPS) is 10.8. The second-order valence-electron chi connectivity index (χ2n) is 6.64. The van der Waals surface area contributed by atoms with Crippen LogP contribution < -0.4 is 21.9 Å². The lowest BCUT2D eigenvalue weighted by Gasteiger charge is -2.27. The molecule has 0 aromatic heterocycles. The molecule has 0 saturated heterocycles. The first kappa shape index (κ1) is 23.6. The van der Waals surface area contributed by atoms with Crippen molar-refractivity contribution in [3.8, 4) is 34.1 Å². The van der Waals surface area contributed by atoms with Crippen LogP contribution in [0.2, 0.25) is 0 Å². The molecule has 7 nitrogen and oxygen atoms in total. The third-order valence-corrected chi connectivity index (χ3v) is 4.40. The van der Waals surface area contributed by atoms with Gasteiger partial charge < -0.3 is 25.8 Å². The summed E-state index contributed by atoms with van der Waals surface area (Å²) in [4.78, 5) is 1.97. The molecule has 3 rings (SSSR count). The average molecular weight is 523 g/mol. The fraction of sp³-hybridized carbons (Fsp3) is 0.182. The Morgan fingerprint density at radius 2 is 1.37 bits per heavy atom. The number of halogens is 1. The van der Waals surface area contributed by atoms with Gasteiger partial charge in [0.15, 0.2) is 0 Å². The molecule has 0 bridgehead atoms. The van der Waals surface area contributed by atoms with Gasteiger partial charge in [-0.15, -0.1) is 0 Å². The van der Waals surface area contributed by atoms with Crippen molar-refractivity contribution < 1.29 is 20.1 Å². The van der Waals surface area contributed by atoms with Crippen LogP contribution >= 0.6 is 22.6 Å². The molecule has 30 heavy (non-hydrogen) atoms. The van der Waals surface area contributed by atoms with Crippen molar-refractivity contribution in [1.29, 1.82) is 0 Å². The van der Waals surface area contributed by atoms with Gasteiger partial charge >= 0.3 is 0 Å². The van der Waals surface area contributed by atoms with Crippen molar-refractivity contribution >= 4 is 28.3 Å². The predicted octanol–water partition coefficient (Wildman–Crippen LogP) is 3.69. The summed E-state index contributed by atoms with van der Waals surface area (Å²) in [5.74, 6) is -1.17. The van der Waals surface area contributed by atoms with Crippen molar-refractivity contribution in [2.24, 2.45) is 11.5 Å². The number of rotatable bonds is 6. The minimum absolute atomic E-state index is 0.0236. The zero-order valence-electron chi connectivity index (χ0n) is 16.5. The highest BCUT2D eigenvalue weighted by molar-refractivity contribution is 14.1. The van der Waals surface area contributed by atoms with Crippen molar-refractivity contribution in [3.63, 3.8) is 0 Å². The second-order valence-corrected chi connectivity index (χ2v) is 6.64. The molecule has 0 aliphatic heterocycles. The second kappa shape index (κ2) is 10.4. The van der Waals surface area contributed by atoms with Gasteiger partial charge in [0.1, 0.15) is 28.7 Å². The Bertz CT molecular complexity index is 961. The van der Waals surface area contributed by atoms with Gasteiger partial charge in [-0.1, -0.05) is 46.9 Å². The number of phenols is 3. The van der Waals surface area contributed by atoms with E-state index in [4.69, 9.17) is 21.9 Å². The van der Waals surface area contributed by atoms with E-state index in [1.165, 1.54) is 12.1 Å². The summed E-state index contributed by atoms with van der Waals surface area (Å²) in [6.45, 7) is 0. The van der Waals surface area contributed by atoms with Gasteiger partial charge in [0, 0.05) is 12.0 Å². The Morgan fingerprint density at radius 3 is 1.93 bits per heavy atom. The summed E-state index contributed by atoms with van der Waals surface area (Å²) in [5, 5.41) is 29.2. The Morgan fingerprint density at radius 1 is 0.833 bits per heavy atom. The summed E-state index contributed by atoms with van der Waals surface area (Å²) in [7, 11) is 0. The topological polar surface area (TPSA) is 148 Å². The number of aromatic hydroxyl groups is 3. The largest absolute Gasteiger partial charge is 0.508 e. The SMILES string of the molecule is CI.Nc1c(OC(N)(N)CCc2ccc(O)cc2)ccc(-c2ccc(O)cc2)c1O. The molecule has 0 aliphatic rings. The molecule has 3 aromatic carbocycles. The summed E-state index contributed by atoms with van der Waals surface area (Å²) >= 11 is 2.15. The fourth-order valence-corrected chi connectivity index (χ4v) is 2.81. The number of alkyl halides is 1. The standard InChI is InChI=1S/C21H23N3O4.CH3I/c22-19-18(10-9-17(20(19)27)14-3-7-16(26)8-4-14)28-21(23,24)12-11-13-1-5-15(25)6-2-13;1-2/h1-10,25-27H,11-12,22-24H2;1H3. The smallest absolute Gasteiger partial charge is 0.213 e. The number of phenolic OH excluding ortho intramolecular Hbond substituents is 3. The molecule has 8 heteroatoms. The van der Waals surface area contributed by atoms with Gasteiger partial charge in [0.05, 0.1) is 0 Å². The molecule has 160 valence electrons. The molecule has 0 unspecified atom stereocenters. The highest BCUT2D eigenvalue weighted by atomic mass is 127. The molecule has 0 atom stereocenters. The molecule has 0 heterocycles. The Labute approximate surface area is 189 Å². The number of nitrogen functional groups attached to an aromatic ring is 1. The molecule has 3 aromatic rings. The van der Waals surface area contributed by atoms with E-state index in [1.807, 2.05) is 4.93 Å². The first-order valence-electron chi connectivity index (χ1n) is 9.08. The lowest BCUT2D eigenvalue weighted by Crippen LogP contribution is -2.55. The molecular weight excluding hydrogens is 497 g/mol. The molecule has 0 amide bonds. The number of anilines is 1. The highest BCUT2D eigenvalue weighted by Crippen LogP contribution is 2.40. The highest BCUT2D eigenvalue weighted by Gasteiger charge is 2.24. The van der Waals surface area contributed by atoms with E-state index in [9.17, 15) is 15.3 Å². The fourth-order valence-electron chi connectivity index (χ4n) is 2.81. The van der Waals surface area contributed by atoms with Crippen molar-refractivity contribution in [2.75, 3.05) is 10.7 Å². The zero-order chi connectivity index (χ0) is 22.3. The minimum Gasteiger partial charge on any atom is -0.508 e. The van der Waals surface area contributed by atoms with E-state index in [2.05, 4.69) is 22.6 Å². The van der Waals surface area contributed by atoms with E-state index in [-0.39, 0.29) is 35.1 Å². The zero-order valence-corrected chi connectivity index (χ0v) is 18.7. The molecular formula is C22H26IN3O4. The predicted molar refractivity (Wildman–Crippen MR) is 128 cm³/mol. The molecule has 0 spiro atoms. The summed E-state index contributed by atoms with van der Waals surface area (Å²) in [5.41, 5.74) is 20.3. The molecule has 0 aliphatic carbocycles. The maximum absolute atomic E-state index is 10.5. The Balaban J connectivity index is 0.00000155. The van der Waals surface area contributed by atoms with Gasteiger partial charge in [-0.05, 0) is 58.9 Å². The van der Waals surface area contributed by atoms with E-state index in [1.54, 1.807) is 48.5 Å². The third-order valence-electron chi connectivity index (χ3n) is 4.40. The van der Waals surface area contributed by atoms with E-state index < -0.39 is 5.85 Å². The number of benzene rings is 3. The van der Waals surface area contributed by atoms with Gasteiger partial charge in [0.25, 0.3) is 0 Å². The number of hydrogen-bond donors (Lipinski definition) is 6. The number of ether oxygens (including phenoxy) is 1. The van der Waals surface area contributed by atoms with Crippen LogP contribution in [0, 0.1) is 0 Å². The van der Waals surface area contributed by atoms with Gasteiger partial charge in [0.2, 0.25) is 5.85 Å². The maximum atomic E-state index is 10.5. The average Bonchev–Trinajstić information content (AvgIpc) is 2.73. The lowest BCUT2D eigenvalue weighted by molar-refractivity contribution is 0.0741. The van der Waals surface area contributed by atoms with Crippen LogP contribution in [-0.2, 0) is 6.42 Å². The molecule has 0 radical (unpaired) electrons. The van der Waals surface area contributed by atoms with E-state index in [0.717, 1.165) is 5.56 Å². The number of nitrogens with two attached hydrogens (primary N) is 3. The Hall–Kier alpha value is -2.69. The number of hydrogen-bond acceptors (Lipinski definition) is 7. The summed E-state index contributed by atoms with van der Waals surface area (Å²) < 4.78 is 5.65. The van der Waals surface area contributed by atoms with Crippen molar-refractivity contribution in [2.45, 2.75) is 18.7 Å². The van der Waals surface area contributed by atoms with Crippen molar-refractivity contribution in [1.82, 2.24) is 0 Å². The first-order chi connectivity index (χ1) is 14.2. The molecule has 0 saturated carbocycles. The molecule has 0 fully saturated rings. The Kier molecular flexibility index (Phi) is 8.16. The van der Waals surface area contributed by atoms with Crippen molar-refractivity contribution in [3.05, 3.63) is 66.2 Å². The van der Waals surface area contributed by atoms with Crippen LogP contribution in [0.15, 0.2) is 60.7 Å². The third kappa shape index (κ3) is 6.15. The van der Waals surface area contributed by atoms with Crippen LogP contribution in [0.1, 0.15) is 12.0 Å². The quantitative estimate of drug-likeness (QED) is 0.0950. The summed E-state index contributed by atoms with van der Waals surface area (Å²) in [6, 6.07) is 16.3. The van der Waals surface area contributed by atoms with Gasteiger partial charge in [-0.2, -0.15) is 0 Å². The van der Waals surface area contributed by atoms with Crippen LogP contribution in [0.3, 0.4) is 0 Å². The van der Waals surface area contributed by atoms with Crippen LogP contribution in [0.5, 0.6) is 23.0 Å². The van der Waals surface area contributed by atoms with Crippen LogP contribution in [0.4, 0.5) is 5.69 Å². The van der Waals surface area contributed by atoms with Gasteiger partial charge in [-0.25, -0.2) is 0 Å². The monoisotopic (exact) mass is 523 g/mol.